The highest BCUT2D eigenvalue weighted by molar-refractivity contribution is 5.85. The van der Waals surface area contributed by atoms with E-state index in [0.717, 1.165) is 42.9 Å². The van der Waals surface area contributed by atoms with E-state index in [4.69, 9.17) is 4.52 Å². The van der Waals surface area contributed by atoms with Crippen LogP contribution in [-0.2, 0) is 11.3 Å². The van der Waals surface area contributed by atoms with E-state index in [1.165, 1.54) is 12.8 Å². The third kappa shape index (κ3) is 2.81. The second-order valence-electron chi connectivity index (χ2n) is 6.22. The molecule has 0 aromatic carbocycles. The van der Waals surface area contributed by atoms with E-state index in [1.807, 2.05) is 13.8 Å². The monoisotopic (exact) mass is 313 g/mol. The van der Waals surface area contributed by atoms with Crippen molar-refractivity contribution in [3.05, 3.63) is 17.0 Å². The van der Waals surface area contributed by atoms with Gasteiger partial charge in [-0.25, -0.2) is 0 Å². The molecule has 2 fully saturated rings. The van der Waals surface area contributed by atoms with Crippen LogP contribution >= 0.6 is 12.4 Å². The minimum absolute atomic E-state index is 0. The molecule has 2 aliphatic rings. The second-order valence-corrected chi connectivity index (χ2v) is 6.22. The van der Waals surface area contributed by atoms with E-state index in [0.29, 0.717) is 12.5 Å². The molecule has 1 aromatic heterocycles. The summed E-state index contributed by atoms with van der Waals surface area (Å²) in [6, 6.07) is 0. The molecule has 0 radical (unpaired) electrons. The molecule has 1 aliphatic heterocycles. The molecule has 1 aromatic rings. The van der Waals surface area contributed by atoms with Gasteiger partial charge in [-0.05, 0) is 39.2 Å². The van der Waals surface area contributed by atoms with Crippen LogP contribution in [0.15, 0.2) is 4.52 Å². The van der Waals surface area contributed by atoms with Crippen LogP contribution < -0.4 is 10.6 Å². The molecule has 2 atom stereocenters. The maximum absolute atomic E-state index is 12.7. The number of carbonyl (C=O) groups is 1. The smallest absolute Gasteiger partial charge is 0.228 e. The molecule has 0 bridgehead atoms. The van der Waals surface area contributed by atoms with Gasteiger partial charge in [-0.1, -0.05) is 18.0 Å². The Kier molecular flexibility index (Phi) is 4.94. The summed E-state index contributed by atoms with van der Waals surface area (Å²) in [7, 11) is 0. The Bertz CT molecular complexity index is 498. The zero-order valence-electron chi connectivity index (χ0n) is 12.7. The lowest BCUT2D eigenvalue weighted by Crippen LogP contribution is -2.47. The van der Waals surface area contributed by atoms with E-state index in [2.05, 4.69) is 15.8 Å². The van der Waals surface area contributed by atoms with Gasteiger partial charge in [0.15, 0.2) is 0 Å². The van der Waals surface area contributed by atoms with E-state index >= 15 is 0 Å². The van der Waals surface area contributed by atoms with Crippen molar-refractivity contribution in [2.75, 3.05) is 13.1 Å². The first-order valence-corrected chi connectivity index (χ1v) is 7.54. The number of amides is 1. The second kappa shape index (κ2) is 6.36. The first-order valence-electron chi connectivity index (χ1n) is 7.54. The van der Waals surface area contributed by atoms with Gasteiger partial charge in [0, 0.05) is 18.7 Å². The van der Waals surface area contributed by atoms with Gasteiger partial charge in [-0.3, -0.25) is 4.79 Å². The Morgan fingerprint density at radius 1 is 1.48 bits per heavy atom. The van der Waals surface area contributed by atoms with Crippen molar-refractivity contribution in [1.29, 1.82) is 0 Å². The Balaban J connectivity index is 0.00000161. The highest BCUT2D eigenvalue weighted by Gasteiger charge is 2.49. The molecule has 0 spiro atoms. The van der Waals surface area contributed by atoms with Gasteiger partial charge in [0.1, 0.15) is 5.76 Å². The molecule has 118 valence electrons. The number of nitrogens with zero attached hydrogens (tertiary/aromatic N) is 1. The highest BCUT2D eigenvalue weighted by Crippen LogP contribution is 2.43. The number of rotatable bonds is 3. The number of aromatic nitrogens is 1. The Labute approximate surface area is 131 Å². The maximum atomic E-state index is 12.7. The SMILES string of the molecule is Cc1noc(C)c1CNC(=O)[C@@]12CCCC[C@H]1CNC2.Cl. The average molecular weight is 314 g/mol. The van der Waals surface area contributed by atoms with Gasteiger partial charge in [0.2, 0.25) is 5.91 Å². The van der Waals surface area contributed by atoms with E-state index in [-0.39, 0.29) is 23.7 Å². The van der Waals surface area contributed by atoms with Crippen LogP contribution in [0.1, 0.15) is 42.7 Å². The lowest BCUT2D eigenvalue weighted by Gasteiger charge is -2.37. The summed E-state index contributed by atoms with van der Waals surface area (Å²) in [6.45, 7) is 6.13. The fourth-order valence-electron chi connectivity index (χ4n) is 3.79. The molecule has 1 aliphatic carbocycles. The predicted molar refractivity (Wildman–Crippen MR) is 82.3 cm³/mol. The predicted octanol–water partition coefficient (Wildman–Crippen LogP) is 2.11. The molecule has 1 saturated heterocycles. The fraction of sp³-hybridized carbons (Fsp3) is 0.733. The van der Waals surface area contributed by atoms with Crippen molar-refractivity contribution in [2.24, 2.45) is 11.3 Å². The number of aryl methyl sites for hydroxylation is 2. The number of nitrogens with one attached hydrogen (secondary N) is 2. The van der Waals surface area contributed by atoms with Crippen molar-refractivity contribution in [1.82, 2.24) is 15.8 Å². The van der Waals surface area contributed by atoms with Crippen LogP contribution in [0.25, 0.3) is 0 Å². The molecule has 5 nitrogen and oxygen atoms in total. The van der Waals surface area contributed by atoms with Gasteiger partial charge in [0.25, 0.3) is 0 Å². The molecule has 3 rings (SSSR count). The Morgan fingerprint density at radius 3 is 3.00 bits per heavy atom. The number of hydrogen-bond donors (Lipinski definition) is 2. The summed E-state index contributed by atoms with van der Waals surface area (Å²) in [5, 5.41) is 10.5. The van der Waals surface area contributed by atoms with Crippen molar-refractivity contribution >= 4 is 18.3 Å². The van der Waals surface area contributed by atoms with Gasteiger partial charge in [-0.2, -0.15) is 0 Å². The van der Waals surface area contributed by atoms with Crippen LogP contribution in [0.2, 0.25) is 0 Å². The molecule has 21 heavy (non-hydrogen) atoms. The van der Waals surface area contributed by atoms with Crippen molar-refractivity contribution in [3.8, 4) is 0 Å². The molecule has 0 unspecified atom stereocenters. The van der Waals surface area contributed by atoms with Crippen LogP contribution in [0.5, 0.6) is 0 Å². The van der Waals surface area contributed by atoms with E-state index in [9.17, 15) is 4.79 Å². The number of hydrogen-bond acceptors (Lipinski definition) is 4. The lowest BCUT2D eigenvalue weighted by molar-refractivity contribution is -0.134. The standard InChI is InChI=1S/C15H23N3O2.ClH/c1-10-13(11(2)20-18-10)8-17-14(19)15-6-4-3-5-12(15)7-16-9-15;/h12,16H,3-9H2,1-2H3,(H,17,19);1H/t12-,15+;/m0./s1. The van der Waals surface area contributed by atoms with E-state index in [1.54, 1.807) is 0 Å². The maximum Gasteiger partial charge on any atom is 0.228 e. The largest absolute Gasteiger partial charge is 0.361 e. The molecular weight excluding hydrogens is 290 g/mol. The fourth-order valence-corrected chi connectivity index (χ4v) is 3.79. The van der Waals surface area contributed by atoms with Crippen molar-refractivity contribution in [3.63, 3.8) is 0 Å². The molecule has 1 amide bonds. The normalized spacial score (nSPS) is 27.8. The first kappa shape index (κ1) is 16.3. The van der Waals surface area contributed by atoms with Crippen LogP contribution in [0, 0.1) is 25.2 Å². The van der Waals surface area contributed by atoms with Crippen LogP contribution in [-0.4, -0.2) is 24.2 Å². The third-order valence-corrected chi connectivity index (χ3v) is 5.10. The summed E-state index contributed by atoms with van der Waals surface area (Å²) in [5.74, 6) is 1.50. The Hall–Kier alpha value is -1.07. The summed E-state index contributed by atoms with van der Waals surface area (Å²) in [6.07, 6.45) is 4.60. The minimum atomic E-state index is -0.183. The van der Waals surface area contributed by atoms with Crippen LogP contribution in [0.3, 0.4) is 0 Å². The van der Waals surface area contributed by atoms with Crippen molar-refractivity contribution < 1.29 is 9.32 Å². The third-order valence-electron chi connectivity index (χ3n) is 5.10. The molecular formula is C15H24ClN3O2. The summed E-state index contributed by atoms with van der Waals surface area (Å²) in [5.41, 5.74) is 1.69. The molecule has 1 saturated carbocycles. The summed E-state index contributed by atoms with van der Waals surface area (Å²) >= 11 is 0. The minimum Gasteiger partial charge on any atom is -0.361 e. The summed E-state index contributed by atoms with van der Waals surface area (Å²) in [4.78, 5) is 12.7. The lowest BCUT2D eigenvalue weighted by atomic mass is 9.67. The highest BCUT2D eigenvalue weighted by atomic mass is 35.5. The Morgan fingerprint density at radius 2 is 2.29 bits per heavy atom. The summed E-state index contributed by atoms with van der Waals surface area (Å²) < 4.78 is 5.14. The topological polar surface area (TPSA) is 67.2 Å². The van der Waals surface area contributed by atoms with Crippen LogP contribution in [0.4, 0.5) is 0 Å². The van der Waals surface area contributed by atoms with Crippen molar-refractivity contribution in [2.45, 2.75) is 46.1 Å². The molecule has 6 heteroatoms. The molecule has 2 heterocycles. The quantitative estimate of drug-likeness (QED) is 0.897. The number of fused-ring (bicyclic) bond motifs is 1. The van der Waals surface area contributed by atoms with Gasteiger partial charge >= 0.3 is 0 Å². The average Bonchev–Trinajstić information content (AvgIpc) is 3.02. The zero-order chi connectivity index (χ0) is 14.2. The number of carbonyl (C=O) groups excluding carboxylic acids is 1. The van der Waals surface area contributed by atoms with Gasteiger partial charge in [0.05, 0.1) is 11.1 Å². The first-order chi connectivity index (χ1) is 9.63. The zero-order valence-corrected chi connectivity index (χ0v) is 13.5. The van der Waals surface area contributed by atoms with Gasteiger partial charge in [-0.15, -0.1) is 12.4 Å². The van der Waals surface area contributed by atoms with E-state index < -0.39 is 0 Å². The van der Waals surface area contributed by atoms with Gasteiger partial charge < -0.3 is 15.2 Å². The molecule has 2 N–H and O–H groups in total. The number of halogens is 1.